The third-order valence-electron chi connectivity index (χ3n) is 3.39. The molecule has 0 radical (unpaired) electrons. The lowest BCUT2D eigenvalue weighted by molar-refractivity contribution is 0.275. The summed E-state index contributed by atoms with van der Waals surface area (Å²) >= 11 is 0. The molecule has 0 aromatic carbocycles. The lowest BCUT2D eigenvalue weighted by Crippen LogP contribution is -2.36. The standard InChI is InChI=1S/C13H24N2O4S/c1-9(2)15(5)7-6-14-20(17,18)13-11(4)19-10(3)12(13)8-16/h9,14,16H,6-8H2,1-5H3. The molecule has 0 atom stereocenters. The van der Waals surface area contributed by atoms with Crippen molar-refractivity contribution in [3.8, 4) is 0 Å². The Kier molecular flexibility index (Phi) is 5.76. The van der Waals surface area contributed by atoms with Gasteiger partial charge in [0.15, 0.2) is 0 Å². The van der Waals surface area contributed by atoms with E-state index >= 15 is 0 Å². The van der Waals surface area contributed by atoms with Crippen LogP contribution in [0.1, 0.15) is 30.9 Å². The zero-order valence-electron chi connectivity index (χ0n) is 12.7. The highest BCUT2D eigenvalue weighted by Crippen LogP contribution is 2.26. The Bertz CT molecular complexity index is 549. The normalized spacial score (nSPS) is 12.6. The first-order valence-electron chi connectivity index (χ1n) is 6.60. The second kappa shape index (κ2) is 6.71. The van der Waals surface area contributed by atoms with Crippen LogP contribution in [0.5, 0.6) is 0 Å². The molecule has 0 fully saturated rings. The first-order chi connectivity index (χ1) is 9.20. The summed E-state index contributed by atoms with van der Waals surface area (Å²) in [5, 5.41) is 9.30. The third-order valence-corrected chi connectivity index (χ3v) is 5.05. The smallest absolute Gasteiger partial charge is 0.244 e. The van der Waals surface area contributed by atoms with Gasteiger partial charge in [-0.1, -0.05) is 0 Å². The summed E-state index contributed by atoms with van der Waals surface area (Å²) in [4.78, 5) is 2.10. The molecule has 0 aliphatic carbocycles. The number of aliphatic hydroxyl groups is 1. The van der Waals surface area contributed by atoms with Crippen LogP contribution in [0.2, 0.25) is 0 Å². The number of hydrogen-bond donors (Lipinski definition) is 2. The van der Waals surface area contributed by atoms with Gasteiger partial charge in [0.25, 0.3) is 0 Å². The molecule has 1 aromatic rings. The molecule has 0 amide bonds. The Hall–Kier alpha value is -0.890. The van der Waals surface area contributed by atoms with E-state index in [0.29, 0.717) is 36.2 Å². The van der Waals surface area contributed by atoms with Gasteiger partial charge in [-0.25, -0.2) is 13.1 Å². The second-order valence-electron chi connectivity index (χ2n) is 5.15. The zero-order valence-corrected chi connectivity index (χ0v) is 13.5. The van der Waals surface area contributed by atoms with E-state index in [1.54, 1.807) is 13.8 Å². The molecule has 0 aliphatic heterocycles. The number of furan rings is 1. The minimum atomic E-state index is -3.66. The fourth-order valence-electron chi connectivity index (χ4n) is 1.93. The number of rotatable bonds is 7. The molecular weight excluding hydrogens is 280 g/mol. The van der Waals surface area contributed by atoms with Crippen molar-refractivity contribution < 1.29 is 17.9 Å². The number of aliphatic hydroxyl groups excluding tert-OH is 1. The van der Waals surface area contributed by atoms with E-state index in [1.807, 2.05) is 25.8 Å². The topological polar surface area (TPSA) is 82.8 Å². The monoisotopic (exact) mass is 304 g/mol. The molecule has 1 heterocycles. The van der Waals surface area contributed by atoms with Crippen molar-refractivity contribution in [3.63, 3.8) is 0 Å². The van der Waals surface area contributed by atoms with Crippen LogP contribution in [0.25, 0.3) is 0 Å². The van der Waals surface area contributed by atoms with Crippen molar-refractivity contribution in [3.05, 3.63) is 17.1 Å². The first-order valence-corrected chi connectivity index (χ1v) is 8.08. The van der Waals surface area contributed by atoms with Gasteiger partial charge in [0.05, 0.1) is 6.61 Å². The van der Waals surface area contributed by atoms with Gasteiger partial charge in [-0.3, -0.25) is 0 Å². The number of likely N-dealkylation sites (N-methyl/N-ethyl adjacent to an activating group) is 1. The van der Waals surface area contributed by atoms with E-state index in [-0.39, 0.29) is 11.5 Å². The maximum Gasteiger partial charge on any atom is 0.244 e. The molecule has 2 N–H and O–H groups in total. The van der Waals surface area contributed by atoms with Crippen molar-refractivity contribution in [2.75, 3.05) is 20.1 Å². The van der Waals surface area contributed by atoms with Crippen molar-refractivity contribution in [2.45, 2.75) is 45.2 Å². The molecule has 1 aromatic heterocycles. The molecule has 7 heteroatoms. The summed E-state index contributed by atoms with van der Waals surface area (Å²) in [6, 6.07) is 0.352. The Labute approximate surface area is 120 Å². The Balaban J connectivity index is 2.85. The van der Waals surface area contributed by atoms with Crippen LogP contribution in [-0.4, -0.2) is 44.6 Å². The summed E-state index contributed by atoms with van der Waals surface area (Å²) in [6.45, 7) is 7.88. The average molecular weight is 304 g/mol. The maximum atomic E-state index is 12.3. The van der Waals surface area contributed by atoms with Gasteiger partial charge in [-0.15, -0.1) is 0 Å². The number of hydrogen-bond acceptors (Lipinski definition) is 5. The van der Waals surface area contributed by atoms with Gasteiger partial charge in [-0.2, -0.15) is 0 Å². The minimum absolute atomic E-state index is 0.0599. The summed E-state index contributed by atoms with van der Waals surface area (Å²) in [5.41, 5.74) is 0.326. The molecule has 1 rings (SSSR count). The van der Waals surface area contributed by atoms with Gasteiger partial charge in [0, 0.05) is 24.7 Å². The molecule has 116 valence electrons. The third kappa shape index (κ3) is 3.82. The highest BCUT2D eigenvalue weighted by Gasteiger charge is 2.26. The largest absolute Gasteiger partial charge is 0.465 e. The van der Waals surface area contributed by atoms with Gasteiger partial charge < -0.3 is 14.4 Å². The molecule has 0 spiro atoms. The van der Waals surface area contributed by atoms with Crippen LogP contribution in [0.15, 0.2) is 9.31 Å². The number of nitrogens with one attached hydrogen (secondary N) is 1. The van der Waals surface area contributed by atoms with Crippen molar-refractivity contribution in [1.29, 1.82) is 0 Å². The second-order valence-corrected chi connectivity index (χ2v) is 6.86. The molecule has 0 saturated heterocycles. The molecular formula is C13H24N2O4S. The predicted octanol–water partition coefficient (Wildman–Crippen LogP) is 1.01. The van der Waals surface area contributed by atoms with Crippen molar-refractivity contribution in [1.82, 2.24) is 9.62 Å². The van der Waals surface area contributed by atoms with Crippen molar-refractivity contribution >= 4 is 10.0 Å². The number of aryl methyl sites for hydroxylation is 2. The summed E-state index contributed by atoms with van der Waals surface area (Å²) in [7, 11) is -1.73. The quantitative estimate of drug-likeness (QED) is 0.785. The van der Waals surface area contributed by atoms with E-state index in [9.17, 15) is 13.5 Å². The van der Waals surface area contributed by atoms with Crippen LogP contribution in [0.4, 0.5) is 0 Å². The summed E-state index contributed by atoms with van der Waals surface area (Å²) in [6.07, 6.45) is 0. The van der Waals surface area contributed by atoms with E-state index < -0.39 is 10.0 Å². The van der Waals surface area contributed by atoms with Gasteiger partial charge in [0.2, 0.25) is 10.0 Å². The van der Waals surface area contributed by atoms with Crippen molar-refractivity contribution in [2.24, 2.45) is 0 Å². The van der Waals surface area contributed by atoms with E-state index in [0.717, 1.165) is 0 Å². The van der Waals surface area contributed by atoms with Crippen LogP contribution in [0, 0.1) is 13.8 Å². The van der Waals surface area contributed by atoms with E-state index in [4.69, 9.17) is 4.42 Å². The number of sulfonamides is 1. The van der Waals surface area contributed by atoms with Gasteiger partial charge >= 0.3 is 0 Å². The zero-order chi connectivity index (χ0) is 15.5. The highest BCUT2D eigenvalue weighted by molar-refractivity contribution is 7.89. The Morgan fingerprint density at radius 2 is 1.90 bits per heavy atom. The fourth-order valence-corrected chi connectivity index (χ4v) is 3.39. The summed E-state index contributed by atoms with van der Waals surface area (Å²) in [5.74, 6) is 0.737. The molecule has 20 heavy (non-hydrogen) atoms. The average Bonchev–Trinajstić information content (AvgIpc) is 2.63. The van der Waals surface area contributed by atoms with E-state index in [2.05, 4.69) is 4.72 Å². The molecule has 6 nitrogen and oxygen atoms in total. The van der Waals surface area contributed by atoms with Crippen LogP contribution < -0.4 is 4.72 Å². The van der Waals surface area contributed by atoms with Gasteiger partial charge in [-0.05, 0) is 34.7 Å². The first kappa shape index (κ1) is 17.2. The molecule has 0 unspecified atom stereocenters. The minimum Gasteiger partial charge on any atom is -0.465 e. The lowest BCUT2D eigenvalue weighted by Gasteiger charge is -2.20. The predicted molar refractivity (Wildman–Crippen MR) is 77.1 cm³/mol. The SMILES string of the molecule is Cc1oc(C)c(S(=O)(=O)NCCN(C)C(C)C)c1CO. The fraction of sp³-hybridized carbons (Fsp3) is 0.692. The maximum absolute atomic E-state index is 12.3. The molecule has 0 aliphatic rings. The summed E-state index contributed by atoms with van der Waals surface area (Å²) < 4.78 is 32.4. The van der Waals surface area contributed by atoms with E-state index in [1.165, 1.54) is 0 Å². The Morgan fingerprint density at radius 3 is 2.40 bits per heavy atom. The van der Waals surface area contributed by atoms with Gasteiger partial charge in [0.1, 0.15) is 16.4 Å². The molecule has 0 saturated carbocycles. The molecule has 0 bridgehead atoms. The highest BCUT2D eigenvalue weighted by atomic mass is 32.2. The van der Waals surface area contributed by atoms with Crippen LogP contribution in [0.3, 0.4) is 0 Å². The number of nitrogens with zero attached hydrogens (tertiary/aromatic N) is 1. The Morgan fingerprint density at radius 1 is 1.30 bits per heavy atom. The van der Waals surface area contributed by atoms with Crippen LogP contribution in [-0.2, 0) is 16.6 Å². The lowest BCUT2D eigenvalue weighted by atomic mass is 10.2. The van der Waals surface area contributed by atoms with Crippen LogP contribution >= 0.6 is 0 Å².